The number of hydrogen-bond donors (Lipinski definition) is 1. The number of carbonyl (C=O) groups excluding carboxylic acids is 2. The summed E-state index contributed by atoms with van der Waals surface area (Å²) in [5.74, 6) is -2.71. The van der Waals surface area contributed by atoms with Crippen molar-refractivity contribution in [1.82, 2.24) is 0 Å². The van der Waals surface area contributed by atoms with E-state index in [0.717, 1.165) is 23.9 Å². The van der Waals surface area contributed by atoms with Crippen molar-refractivity contribution < 1.29 is 23.1 Å². The number of nitrogens with one attached hydrogen (secondary N) is 1. The van der Waals surface area contributed by atoms with E-state index in [1.807, 2.05) is 0 Å². The molecule has 0 heterocycles. The summed E-state index contributed by atoms with van der Waals surface area (Å²) in [7, 11) is 0. The van der Waals surface area contributed by atoms with E-state index in [1.54, 1.807) is 6.92 Å². The summed E-state index contributed by atoms with van der Waals surface area (Å²) in [4.78, 5) is 22.9. The van der Waals surface area contributed by atoms with Crippen LogP contribution < -0.4 is 5.32 Å². The van der Waals surface area contributed by atoms with Crippen molar-refractivity contribution >= 4 is 29.3 Å². The highest BCUT2D eigenvalue weighted by Gasteiger charge is 2.18. The van der Waals surface area contributed by atoms with Crippen molar-refractivity contribution in [2.24, 2.45) is 0 Å². The SMILES string of the molecule is CCOC(=O)CSC(C)C(=O)Nc1c(F)cccc1F. The highest BCUT2D eigenvalue weighted by atomic mass is 32.2. The van der Waals surface area contributed by atoms with Gasteiger partial charge >= 0.3 is 5.97 Å². The number of carbonyl (C=O) groups is 2. The standard InChI is InChI=1S/C13H15F2NO3S/c1-3-19-11(17)7-20-8(2)13(18)16-12-9(14)5-4-6-10(12)15/h4-6,8H,3,7H2,1-2H3,(H,16,18). The molecule has 0 saturated carbocycles. The summed E-state index contributed by atoms with van der Waals surface area (Å²) in [6, 6.07) is 3.31. The molecular formula is C13H15F2NO3S. The molecule has 0 fully saturated rings. The minimum Gasteiger partial charge on any atom is -0.465 e. The summed E-state index contributed by atoms with van der Waals surface area (Å²) in [6.45, 7) is 3.48. The molecule has 1 atom stereocenters. The van der Waals surface area contributed by atoms with E-state index in [2.05, 4.69) is 5.32 Å². The molecule has 0 aliphatic rings. The van der Waals surface area contributed by atoms with E-state index >= 15 is 0 Å². The first-order valence-corrected chi connectivity index (χ1v) is 7.02. The maximum atomic E-state index is 13.4. The molecule has 7 heteroatoms. The molecule has 0 bridgehead atoms. The van der Waals surface area contributed by atoms with Crippen LogP contribution in [0.25, 0.3) is 0 Å². The molecule has 0 saturated heterocycles. The second-order valence-corrected chi connectivity index (χ2v) is 5.17. The van der Waals surface area contributed by atoms with Crippen LogP contribution in [-0.4, -0.2) is 29.5 Å². The van der Waals surface area contributed by atoms with Crippen LogP contribution in [-0.2, 0) is 14.3 Å². The number of ether oxygens (including phenoxy) is 1. The van der Waals surface area contributed by atoms with Gasteiger partial charge in [0, 0.05) is 0 Å². The zero-order valence-electron chi connectivity index (χ0n) is 11.1. The lowest BCUT2D eigenvalue weighted by atomic mass is 10.3. The van der Waals surface area contributed by atoms with Gasteiger partial charge in [-0.05, 0) is 26.0 Å². The summed E-state index contributed by atoms with van der Waals surface area (Å²) < 4.78 is 31.4. The summed E-state index contributed by atoms with van der Waals surface area (Å²) in [5.41, 5.74) is -0.485. The molecule has 0 spiro atoms. The Bertz CT molecular complexity index is 476. The number of para-hydroxylation sites is 1. The monoisotopic (exact) mass is 303 g/mol. The third-order valence-electron chi connectivity index (χ3n) is 2.34. The second-order valence-electron chi connectivity index (χ2n) is 3.84. The van der Waals surface area contributed by atoms with Gasteiger partial charge in [0.15, 0.2) is 0 Å². The fourth-order valence-electron chi connectivity index (χ4n) is 1.31. The summed E-state index contributed by atoms with van der Waals surface area (Å²) >= 11 is 1.03. The van der Waals surface area contributed by atoms with Gasteiger partial charge in [-0.2, -0.15) is 0 Å². The van der Waals surface area contributed by atoms with E-state index < -0.39 is 34.4 Å². The Morgan fingerprint density at radius 2 is 1.95 bits per heavy atom. The third-order valence-corrected chi connectivity index (χ3v) is 3.45. The molecule has 1 rings (SSSR count). The van der Waals surface area contributed by atoms with Gasteiger partial charge in [-0.15, -0.1) is 11.8 Å². The first-order valence-electron chi connectivity index (χ1n) is 5.97. The largest absolute Gasteiger partial charge is 0.465 e. The van der Waals surface area contributed by atoms with E-state index in [1.165, 1.54) is 13.0 Å². The highest BCUT2D eigenvalue weighted by Crippen LogP contribution is 2.20. The molecule has 0 aromatic heterocycles. The van der Waals surface area contributed by atoms with Crippen LogP contribution >= 0.6 is 11.8 Å². The van der Waals surface area contributed by atoms with Crippen molar-refractivity contribution in [2.75, 3.05) is 17.7 Å². The Hall–Kier alpha value is -1.63. The first kappa shape index (κ1) is 16.4. The smallest absolute Gasteiger partial charge is 0.315 e. The lowest BCUT2D eigenvalue weighted by Gasteiger charge is -2.12. The molecule has 110 valence electrons. The predicted octanol–water partition coefficient (Wildman–Crippen LogP) is 2.59. The van der Waals surface area contributed by atoms with E-state index in [9.17, 15) is 18.4 Å². The zero-order valence-corrected chi connectivity index (χ0v) is 11.9. The molecule has 1 N–H and O–H groups in total. The number of amides is 1. The number of benzene rings is 1. The Kier molecular flexibility index (Phi) is 6.44. The minimum absolute atomic E-state index is 0.00216. The summed E-state index contributed by atoms with van der Waals surface area (Å²) in [5, 5.41) is 1.53. The van der Waals surface area contributed by atoms with Gasteiger partial charge < -0.3 is 10.1 Å². The molecular weight excluding hydrogens is 288 g/mol. The number of thioether (sulfide) groups is 1. The van der Waals surface area contributed by atoms with Gasteiger partial charge in [-0.25, -0.2) is 8.78 Å². The van der Waals surface area contributed by atoms with Gasteiger partial charge in [0.25, 0.3) is 0 Å². The first-order chi connectivity index (χ1) is 9.45. The maximum absolute atomic E-state index is 13.4. The van der Waals surface area contributed by atoms with Crippen LogP contribution in [0.2, 0.25) is 0 Å². The van der Waals surface area contributed by atoms with E-state index in [0.29, 0.717) is 0 Å². The average Bonchev–Trinajstić information content (AvgIpc) is 2.40. The number of hydrogen-bond acceptors (Lipinski definition) is 4. The van der Waals surface area contributed by atoms with Crippen LogP contribution in [0, 0.1) is 11.6 Å². The number of halogens is 2. The number of rotatable bonds is 6. The second kappa shape index (κ2) is 7.84. The normalized spacial score (nSPS) is 11.8. The molecule has 0 radical (unpaired) electrons. The zero-order chi connectivity index (χ0) is 15.1. The maximum Gasteiger partial charge on any atom is 0.315 e. The van der Waals surface area contributed by atoms with Crippen LogP contribution in [0.5, 0.6) is 0 Å². The van der Waals surface area contributed by atoms with Crippen molar-refractivity contribution in [3.8, 4) is 0 Å². The number of anilines is 1. The molecule has 1 amide bonds. The summed E-state index contributed by atoms with van der Waals surface area (Å²) in [6.07, 6.45) is 0. The Morgan fingerprint density at radius 3 is 2.50 bits per heavy atom. The van der Waals surface area contributed by atoms with Gasteiger partial charge in [0.05, 0.1) is 17.6 Å². The van der Waals surface area contributed by atoms with Gasteiger partial charge in [0.1, 0.15) is 17.3 Å². The van der Waals surface area contributed by atoms with E-state index in [-0.39, 0.29) is 12.4 Å². The lowest BCUT2D eigenvalue weighted by Crippen LogP contribution is -2.25. The molecule has 0 aliphatic carbocycles. The quantitative estimate of drug-likeness (QED) is 0.821. The highest BCUT2D eigenvalue weighted by molar-refractivity contribution is 8.01. The van der Waals surface area contributed by atoms with Crippen molar-refractivity contribution in [2.45, 2.75) is 19.1 Å². The van der Waals surface area contributed by atoms with E-state index in [4.69, 9.17) is 4.74 Å². The minimum atomic E-state index is -0.846. The van der Waals surface area contributed by atoms with Crippen molar-refractivity contribution in [3.63, 3.8) is 0 Å². The Labute approximate surface area is 119 Å². The molecule has 1 aromatic rings. The lowest BCUT2D eigenvalue weighted by molar-refractivity contribution is -0.139. The molecule has 1 aromatic carbocycles. The fourth-order valence-corrected chi connectivity index (χ4v) is 1.99. The average molecular weight is 303 g/mol. The Morgan fingerprint density at radius 1 is 1.35 bits per heavy atom. The van der Waals surface area contributed by atoms with Gasteiger partial charge in [0.2, 0.25) is 5.91 Å². The Balaban J connectivity index is 2.56. The van der Waals surface area contributed by atoms with Crippen molar-refractivity contribution in [3.05, 3.63) is 29.8 Å². The van der Waals surface area contributed by atoms with Crippen molar-refractivity contribution in [1.29, 1.82) is 0 Å². The fraction of sp³-hybridized carbons (Fsp3) is 0.385. The van der Waals surface area contributed by atoms with Crippen LogP contribution in [0.15, 0.2) is 18.2 Å². The predicted molar refractivity (Wildman–Crippen MR) is 73.5 cm³/mol. The molecule has 4 nitrogen and oxygen atoms in total. The van der Waals surface area contributed by atoms with Crippen LogP contribution in [0.1, 0.15) is 13.8 Å². The van der Waals surface area contributed by atoms with Crippen LogP contribution in [0.3, 0.4) is 0 Å². The van der Waals surface area contributed by atoms with Gasteiger partial charge in [-0.1, -0.05) is 6.07 Å². The van der Waals surface area contributed by atoms with Gasteiger partial charge in [-0.3, -0.25) is 9.59 Å². The third kappa shape index (κ3) is 4.80. The topological polar surface area (TPSA) is 55.4 Å². The molecule has 0 aliphatic heterocycles. The molecule has 1 unspecified atom stereocenters. The number of esters is 1. The molecule has 20 heavy (non-hydrogen) atoms. The van der Waals surface area contributed by atoms with Crippen LogP contribution in [0.4, 0.5) is 14.5 Å².